The maximum Gasteiger partial charge on any atom is 0.258 e. The van der Waals surface area contributed by atoms with Crippen LogP contribution >= 0.6 is 22.7 Å². The molecule has 406 valence electrons. The van der Waals surface area contributed by atoms with E-state index in [-0.39, 0.29) is 63.4 Å². The SMILES string of the molecule is Cc1ncsc1-c1ccc(C2(NC(=O)[C@@H]3C[C@@H](O)CN3C(=O)[C@@H](NC(C)C)C(C)(C)C)CC2O[C@@H]2C[C@@H](C(=O)NCc3ccc(-c4scnc4C)cc3OC(C)C)N(C(=O)[C@@H](NC(=O)C3(F)CC3)C(C)(C)C)C2)cc1. The number of likely N-dealkylation sites (tertiary alicyclic amines) is 2. The quantitative estimate of drug-likeness (QED) is 0.0678. The van der Waals surface area contributed by atoms with E-state index < -0.39 is 88.1 Å². The van der Waals surface area contributed by atoms with Crippen molar-refractivity contribution in [3.63, 3.8) is 0 Å². The lowest BCUT2D eigenvalue weighted by molar-refractivity contribution is -0.145. The van der Waals surface area contributed by atoms with Gasteiger partial charge in [-0.25, -0.2) is 14.4 Å². The van der Waals surface area contributed by atoms with Crippen molar-refractivity contribution in [3.8, 4) is 26.6 Å². The van der Waals surface area contributed by atoms with Crippen LogP contribution in [0.15, 0.2) is 53.5 Å². The van der Waals surface area contributed by atoms with Crippen LogP contribution in [0.3, 0.4) is 0 Å². The molecule has 2 saturated carbocycles. The van der Waals surface area contributed by atoms with Crippen LogP contribution in [0.25, 0.3) is 20.9 Å². The summed E-state index contributed by atoms with van der Waals surface area (Å²) in [6, 6.07) is 9.81. The van der Waals surface area contributed by atoms with Gasteiger partial charge in [0.25, 0.3) is 5.91 Å². The number of nitrogens with one attached hydrogen (secondary N) is 4. The standard InChI is InChI=1S/C56H75FN8O8S2/c1-30(2)61-46(53(7,8)9)50(69)64-26-38(66)22-40(64)49(68)63-56(37-17-15-34(16-18-37)44-32(5)59-28-74-44)24-43(56)73-39-23-41(65(27-39)51(70)47(54(10,11)12)62-52(71)55(57)19-20-55)48(67)58-25-36-14-13-35(21-42(36)72-31(3)4)45-33(6)60-29-75-45/h13-18,21,28-31,38-41,43,46-47,61,66H,19-20,22-27H2,1-12H3,(H,58,67)(H,62,71)(H,63,68)/t38-,39-,40+,41+,43?,46-,47-,56?/m1/s1. The summed E-state index contributed by atoms with van der Waals surface area (Å²) < 4.78 is 28.4. The Morgan fingerprint density at radius 2 is 1.37 bits per heavy atom. The van der Waals surface area contributed by atoms with E-state index in [1.165, 1.54) is 32.5 Å². The Balaban J connectivity index is 1.08. The minimum atomic E-state index is -2.04. The van der Waals surface area contributed by atoms with Gasteiger partial charge in [0, 0.05) is 50.5 Å². The van der Waals surface area contributed by atoms with Gasteiger partial charge < -0.3 is 45.6 Å². The van der Waals surface area contributed by atoms with Gasteiger partial charge in [-0.1, -0.05) is 91.8 Å². The summed E-state index contributed by atoms with van der Waals surface area (Å²) in [5.41, 5.74) is 4.22. The Morgan fingerprint density at radius 3 is 1.93 bits per heavy atom. The van der Waals surface area contributed by atoms with Crippen LogP contribution in [0.1, 0.15) is 124 Å². The summed E-state index contributed by atoms with van der Waals surface area (Å²) in [6.07, 6.45) is -1.85. The van der Waals surface area contributed by atoms with Crippen molar-refractivity contribution in [1.82, 2.24) is 41.0 Å². The third-order valence-corrected chi connectivity index (χ3v) is 16.7. The molecule has 0 radical (unpaired) electrons. The van der Waals surface area contributed by atoms with Crippen LogP contribution in [0, 0.1) is 24.7 Å². The third kappa shape index (κ3) is 12.3. The number of ether oxygens (including phenoxy) is 2. The maximum absolute atomic E-state index is 15.2. The molecule has 2 unspecified atom stereocenters. The average molecular weight is 1070 g/mol. The van der Waals surface area contributed by atoms with Crippen molar-refractivity contribution >= 4 is 52.2 Å². The molecule has 8 rings (SSSR count). The van der Waals surface area contributed by atoms with Crippen LogP contribution in [0.5, 0.6) is 5.75 Å². The Bertz CT molecular complexity index is 2760. The number of rotatable bonds is 18. The van der Waals surface area contributed by atoms with Gasteiger partial charge in [0.05, 0.1) is 68.2 Å². The zero-order chi connectivity index (χ0) is 54.5. The van der Waals surface area contributed by atoms with Gasteiger partial charge >= 0.3 is 0 Å². The van der Waals surface area contributed by atoms with Crippen LogP contribution in [0.2, 0.25) is 0 Å². The lowest BCUT2D eigenvalue weighted by Crippen LogP contribution is -2.59. The molecular weight excluding hydrogens is 996 g/mol. The third-order valence-electron chi connectivity index (χ3n) is 14.7. The summed E-state index contributed by atoms with van der Waals surface area (Å²) >= 11 is 3.05. The highest BCUT2D eigenvalue weighted by molar-refractivity contribution is 7.13. The first kappa shape index (κ1) is 55.9. The first-order valence-corrected chi connectivity index (χ1v) is 28.0. The maximum atomic E-state index is 15.2. The molecule has 2 saturated heterocycles. The van der Waals surface area contributed by atoms with E-state index in [2.05, 4.69) is 31.2 Å². The molecule has 5 amide bonds. The molecule has 0 bridgehead atoms. The van der Waals surface area contributed by atoms with Crippen LogP contribution < -0.4 is 26.0 Å². The number of thiazole rings is 2. The van der Waals surface area contributed by atoms with Crippen LogP contribution in [-0.2, 0) is 40.8 Å². The highest BCUT2D eigenvalue weighted by Gasteiger charge is 2.61. The molecule has 75 heavy (non-hydrogen) atoms. The van der Waals surface area contributed by atoms with E-state index in [0.29, 0.717) is 12.2 Å². The number of alkyl halides is 1. The molecule has 4 fully saturated rings. The van der Waals surface area contributed by atoms with Crippen LogP contribution in [-0.4, -0.2) is 128 Å². The minimum Gasteiger partial charge on any atom is -0.491 e. The minimum absolute atomic E-state index is 0.000745. The van der Waals surface area contributed by atoms with E-state index in [1.807, 2.05) is 105 Å². The number of benzene rings is 2. The molecule has 2 aliphatic heterocycles. The van der Waals surface area contributed by atoms with Crippen LogP contribution in [0.4, 0.5) is 4.39 Å². The van der Waals surface area contributed by atoms with Crippen molar-refractivity contribution in [2.45, 2.75) is 188 Å². The van der Waals surface area contributed by atoms with Crippen molar-refractivity contribution in [2.75, 3.05) is 13.1 Å². The molecular formula is C56H75FN8O8S2. The summed E-state index contributed by atoms with van der Waals surface area (Å²) in [5, 5.41) is 23.5. The van der Waals surface area contributed by atoms with Crippen molar-refractivity contribution < 1.29 is 42.9 Å². The predicted octanol–water partition coefficient (Wildman–Crippen LogP) is 7.13. The zero-order valence-electron chi connectivity index (χ0n) is 45.3. The van der Waals surface area contributed by atoms with Gasteiger partial charge in [-0.05, 0) is 74.1 Å². The smallest absolute Gasteiger partial charge is 0.258 e. The zero-order valence-corrected chi connectivity index (χ0v) is 47.0. The number of carbonyl (C=O) groups excluding carboxylic acids is 5. The number of hydrogen-bond acceptors (Lipinski definition) is 13. The Labute approximate surface area is 448 Å². The molecule has 8 atom stereocenters. The van der Waals surface area contributed by atoms with E-state index in [1.54, 1.807) is 31.8 Å². The second kappa shape index (κ2) is 21.6. The van der Waals surface area contributed by atoms with Crippen molar-refractivity contribution in [3.05, 3.63) is 76.0 Å². The Hall–Kier alpha value is -5.34. The van der Waals surface area contributed by atoms with E-state index >= 15 is 4.39 Å². The number of amides is 5. The Morgan fingerprint density at radius 1 is 0.800 bits per heavy atom. The van der Waals surface area contributed by atoms with Gasteiger partial charge in [-0.3, -0.25) is 24.0 Å². The van der Waals surface area contributed by atoms with Crippen molar-refractivity contribution in [1.29, 1.82) is 0 Å². The highest BCUT2D eigenvalue weighted by atomic mass is 32.1. The fourth-order valence-corrected chi connectivity index (χ4v) is 11.9. The largest absolute Gasteiger partial charge is 0.491 e. The second-order valence-corrected chi connectivity index (χ2v) is 25.4. The number of aliphatic hydroxyl groups excluding tert-OH is 1. The summed E-state index contributed by atoms with van der Waals surface area (Å²) in [7, 11) is 0. The molecule has 0 spiro atoms. The second-order valence-electron chi connectivity index (χ2n) is 23.7. The van der Waals surface area contributed by atoms with E-state index in [0.717, 1.165) is 43.4 Å². The van der Waals surface area contributed by atoms with Gasteiger partial charge in [0.2, 0.25) is 23.6 Å². The fourth-order valence-electron chi connectivity index (χ4n) is 10.3. The lowest BCUT2D eigenvalue weighted by Gasteiger charge is -2.37. The number of nitrogens with zero attached hydrogens (tertiary/aromatic N) is 4. The van der Waals surface area contributed by atoms with Crippen molar-refractivity contribution in [2.24, 2.45) is 10.8 Å². The normalized spacial score (nSPS) is 24.0. The summed E-state index contributed by atoms with van der Waals surface area (Å²) in [4.78, 5) is 85.9. The first-order chi connectivity index (χ1) is 35.2. The number of hydrogen-bond donors (Lipinski definition) is 5. The molecule has 4 heterocycles. The first-order valence-electron chi connectivity index (χ1n) is 26.2. The summed E-state index contributed by atoms with van der Waals surface area (Å²) in [5.74, 6) is -1.97. The lowest BCUT2D eigenvalue weighted by atomic mass is 9.85. The molecule has 19 heteroatoms. The predicted molar refractivity (Wildman–Crippen MR) is 287 cm³/mol. The van der Waals surface area contributed by atoms with E-state index in [4.69, 9.17) is 9.47 Å². The topological polar surface area (TPSA) is 204 Å². The van der Waals surface area contributed by atoms with Gasteiger partial charge in [0.1, 0.15) is 23.9 Å². The number of halogens is 1. The molecule has 16 nitrogen and oxygen atoms in total. The van der Waals surface area contributed by atoms with Gasteiger partial charge in [-0.2, -0.15) is 0 Å². The average Bonchev–Trinajstić information content (AvgIpc) is 3.82. The number of β-amino-alcohol motifs (C(OH)–C–C–N with tert-alkyl or cyclic N) is 1. The van der Waals surface area contributed by atoms with Gasteiger partial charge in [0.15, 0.2) is 5.67 Å². The molecule has 2 aromatic heterocycles. The van der Waals surface area contributed by atoms with E-state index in [9.17, 15) is 29.1 Å². The molecule has 2 aromatic carbocycles. The fraction of sp³-hybridized carbons (Fsp3) is 0.589. The highest BCUT2D eigenvalue weighted by Crippen LogP contribution is 2.51. The number of carbonyl (C=O) groups is 5. The Kier molecular flexibility index (Phi) is 16.1. The summed E-state index contributed by atoms with van der Waals surface area (Å²) in [6.45, 7) is 22.9. The number of aryl methyl sites for hydroxylation is 2. The molecule has 2 aliphatic carbocycles. The number of aromatic nitrogens is 2. The molecule has 5 N–H and O–H groups in total. The monoisotopic (exact) mass is 1070 g/mol. The molecule has 4 aliphatic rings. The number of aliphatic hydroxyl groups is 1. The molecule has 4 aromatic rings. The van der Waals surface area contributed by atoms with Gasteiger partial charge in [-0.15, -0.1) is 22.7 Å².